The largest absolute Gasteiger partial charge is 0.493 e. The molecule has 7 nitrogen and oxygen atoms in total. The zero-order valence-corrected chi connectivity index (χ0v) is 21.4. The number of halogens is 6. The number of carbonyl (C=O) groups is 1. The Hall–Kier alpha value is -2.94. The summed E-state index contributed by atoms with van der Waals surface area (Å²) in [5, 5.41) is -0.899. The fourth-order valence-corrected chi connectivity index (χ4v) is 8.19. The summed E-state index contributed by atoms with van der Waals surface area (Å²) in [6.07, 6.45) is -10.5. The maximum atomic E-state index is 13.5. The van der Waals surface area contributed by atoms with Crippen LogP contribution in [-0.2, 0) is 33.4 Å². The fourth-order valence-electron chi connectivity index (χ4n) is 4.26. The van der Waals surface area contributed by atoms with Crippen molar-refractivity contribution in [2.45, 2.75) is 30.1 Å². The molecule has 1 amide bonds. The highest BCUT2D eigenvalue weighted by atomic mass is 32.2. The zero-order chi connectivity index (χ0) is 28.0. The van der Waals surface area contributed by atoms with E-state index in [2.05, 4.69) is 4.99 Å². The number of carbonyl (C=O) groups excluding carboxylic acids is 1. The molecule has 206 valence electrons. The number of thioether (sulfide) groups is 1. The summed E-state index contributed by atoms with van der Waals surface area (Å²) in [6.45, 7) is 0. The summed E-state index contributed by atoms with van der Waals surface area (Å²) in [5.74, 6) is -0.856. The van der Waals surface area contributed by atoms with Gasteiger partial charge >= 0.3 is 12.4 Å². The number of aliphatic imine (C=N–C) groups is 1. The molecule has 2 aromatic rings. The van der Waals surface area contributed by atoms with Crippen LogP contribution in [0.4, 0.5) is 32.0 Å². The van der Waals surface area contributed by atoms with Crippen LogP contribution in [0.1, 0.15) is 16.7 Å². The van der Waals surface area contributed by atoms with E-state index in [1.54, 1.807) is 12.1 Å². The number of anilines is 1. The lowest BCUT2D eigenvalue weighted by atomic mass is 10.1. The third-order valence-electron chi connectivity index (χ3n) is 5.94. The number of sulfone groups is 1. The molecule has 0 spiro atoms. The van der Waals surface area contributed by atoms with E-state index in [0.29, 0.717) is 29.2 Å². The molecule has 2 aliphatic rings. The maximum absolute atomic E-state index is 13.5. The Morgan fingerprint density at radius 2 is 1.58 bits per heavy atom. The maximum Gasteiger partial charge on any atom is 0.416 e. The van der Waals surface area contributed by atoms with Gasteiger partial charge in [0.1, 0.15) is 0 Å². The first-order valence-electron chi connectivity index (χ1n) is 10.9. The quantitative estimate of drug-likeness (QED) is 0.477. The monoisotopic (exact) mass is 582 g/mol. The van der Waals surface area contributed by atoms with E-state index in [0.717, 1.165) is 16.7 Å². The van der Waals surface area contributed by atoms with Crippen LogP contribution in [-0.4, -0.2) is 56.5 Å². The molecule has 0 radical (unpaired) electrons. The minimum Gasteiger partial charge on any atom is -0.493 e. The molecule has 0 N–H and O–H groups in total. The molecule has 0 unspecified atom stereocenters. The average Bonchev–Trinajstić information content (AvgIpc) is 3.27. The smallest absolute Gasteiger partial charge is 0.416 e. The van der Waals surface area contributed by atoms with Crippen molar-refractivity contribution in [2.75, 3.05) is 30.6 Å². The summed E-state index contributed by atoms with van der Waals surface area (Å²) in [6, 6.07) is 4.64. The predicted octanol–water partition coefficient (Wildman–Crippen LogP) is 4.59. The van der Waals surface area contributed by atoms with Gasteiger partial charge in [0.25, 0.3) is 5.91 Å². The van der Waals surface area contributed by atoms with Crippen LogP contribution in [0.3, 0.4) is 0 Å². The molecule has 38 heavy (non-hydrogen) atoms. The van der Waals surface area contributed by atoms with Crippen LogP contribution in [0.25, 0.3) is 0 Å². The summed E-state index contributed by atoms with van der Waals surface area (Å²) in [5.41, 5.74) is -3.21. The second kappa shape index (κ2) is 9.98. The summed E-state index contributed by atoms with van der Waals surface area (Å²) in [4.78, 5) is 17.8. The number of amidine groups is 1. The molecule has 4 rings (SSSR count). The Bertz CT molecular complexity index is 1360. The number of alkyl halides is 6. The van der Waals surface area contributed by atoms with Crippen molar-refractivity contribution in [2.24, 2.45) is 4.99 Å². The van der Waals surface area contributed by atoms with E-state index in [4.69, 9.17) is 9.47 Å². The van der Waals surface area contributed by atoms with Gasteiger partial charge in [0.05, 0.1) is 49.3 Å². The molecule has 2 saturated heterocycles. The first-order valence-corrected chi connectivity index (χ1v) is 13.6. The Kier molecular flexibility index (Phi) is 7.38. The minimum absolute atomic E-state index is 0.0192. The number of nitrogens with zero attached hydrogens (tertiary/aromatic N) is 2. The molecular weight excluding hydrogens is 562 g/mol. The lowest BCUT2D eigenvalue weighted by Crippen LogP contribution is -2.38. The fraction of sp³-hybridized carbons (Fsp3) is 0.391. The molecule has 2 fully saturated rings. The Morgan fingerprint density at radius 1 is 0.974 bits per heavy atom. The number of ether oxygens (including phenoxy) is 2. The summed E-state index contributed by atoms with van der Waals surface area (Å²) >= 11 is 0.835. The number of fused-ring (bicyclic) bond motifs is 1. The number of rotatable bonds is 5. The van der Waals surface area contributed by atoms with Gasteiger partial charge in [0.2, 0.25) is 0 Å². The highest BCUT2D eigenvalue weighted by Gasteiger charge is 2.50. The van der Waals surface area contributed by atoms with Gasteiger partial charge in [-0.2, -0.15) is 31.3 Å². The third kappa shape index (κ3) is 5.87. The highest BCUT2D eigenvalue weighted by Crippen LogP contribution is 2.44. The SMILES string of the molecule is COc1ccc(CC(=O)N=C2S[C@H]3CS(=O)(=O)C[C@H]3N2c2cc(C(F)(F)F)cc(C(F)(F)F)c2)cc1OC. The van der Waals surface area contributed by atoms with Crippen LogP contribution in [0, 0.1) is 0 Å². The van der Waals surface area contributed by atoms with Crippen molar-refractivity contribution in [3.05, 3.63) is 53.1 Å². The number of methoxy groups -OCH3 is 2. The van der Waals surface area contributed by atoms with Gasteiger partial charge in [-0.15, -0.1) is 0 Å². The van der Waals surface area contributed by atoms with E-state index >= 15 is 0 Å². The molecule has 2 aliphatic heterocycles. The van der Waals surface area contributed by atoms with Crippen LogP contribution >= 0.6 is 11.8 Å². The van der Waals surface area contributed by atoms with Crippen LogP contribution in [0.15, 0.2) is 41.4 Å². The second-order valence-electron chi connectivity index (χ2n) is 8.59. The molecule has 0 saturated carbocycles. The molecule has 0 bridgehead atoms. The predicted molar refractivity (Wildman–Crippen MR) is 128 cm³/mol. The van der Waals surface area contributed by atoms with Crippen molar-refractivity contribution in [3.8, 4) is 11.5 Å². The van der Waals surface area contributed by atoms with E-state index in [1.807, 2.05) is 0 Å². The first kappa shape index (κ1) is 28.1. The Balaban J connectivity index is 1.75. The zero-order valence-electron chi connectivity index (χ0n) is 19.8. The van der Waals surface area contributed by atoms with Crippen LogP contribution in [0.5, 0.6) is 11.5 Å². The van der Waals surface area contributed by atoms with E-state index in [-0.39, 0.29) is 23.4 Å². The number of hydrogen-bond acceptors (Lipinski definition) is 6. The van der Waals surface area contributed by atoms with E-state index in [1.165, 1.54) is 20.3 Å². The topological polar surface area (TPSA) is 85.3 Å². The van der Waals surface area contributed by atoms with Crippen molar-refractivity contribution >= 4 is 38.4 Å². The standard InChI is InChI=1S/C23H20F6N2O5S2/c1-35-17-4-3-12(5-18(17)36-2)6-20(32)30-21-31(16-10-38(33,34)11-19(16)37-21)15-8-13(22(24,25)26)7-14(9-15)23(27,28)29/h3-5,7-9,16,19H,6,10-11H2,1-2H3/t16-,19+/m1/s1. The van der Waals surface area contributed by atoms with Gasteiger partial charge in [-0.25, -0.2) is 8.42 Å². The van der Waals surface area contributed by atoms with Crippen LogP contribution < -0.4 is 14.4 Å². The lowest BCUT2D eigenvalue weighted by Gasteiger charge is -2.26. The minimum atomic E-state index is -5.11. The molecule has 2 aromatic carbocycles. The van der Waals surface area contributed by atoms with Crippen molar-refractivity contribution in [3.63, 3.8) is 0 Å². The van der Waals surface area contributed by atoms with Gasteiger partial charge < -0.3 is 14.4 Å². The third-order valence-corrected chi connectivity index (χ3v) is 9.15. The Morgan fingerprint density at radius 3 is 2.13 bits per heavy atom. The van der Waals surface area contributed by atoms with E-state index in [9.17, 15) is 39.6 Å². The highest BCUT2D eigenvalue weighted by molar-refractivity contribution is 8.16. The normalized spacial score (nSPS) is 22.0. The number of hydrogen-bond donors (Lipinski definition) is 0. The molecular formula is C23H20F6N2O5S2. The van der Waals surface area contributed by atoms with Gasteiger partial charge in [-0.3, -0.25) is 4.79 Å². The molecule has 0 aliphatic carbocycles. The van der Waals surface area contributed by atoms with Gasteiger partial charge in [-0.05, 0) is 35.9 Å². The van der Waals surface area contributed by atoms with Gasteiger partial charge in [-0.1, -0.05) is 17.8 Å². The summed E-state index contributed by atoms with van der Waals surface area (Å²) < 4.78 is 116. The van der Waals surface area contributed by atoms with E-state index < -0.39 is 62.0 Å². The average molecular weight is 583 g/mol. The number of amides is 1. The van der Waals surface area contributed by atoms with Gasteiger partial charge in [0.15, 0.2) is 26.5 Å². The first-order chi connectivity index (χ1) is 17.6. The number of benzene rings is 2. The van der Waals surface area contributed by atoms with Crippen LogP contribution in [0.2, 0.25) is 0 Å². The Labute approximate surface area is 217 Å². The molecule has 2 heterocycles. The van der Waals surface area contributed by atoms with Crippen molar-refractivity contribution in [1.82, 2.24) is 0 Å². The van der Waals surface area contributed by atoms with Crippen molar-refractivity contribution in [1.29, 1.82) is 0 Å². The van der Waals surface area contributed by atoms with Gasteiger partial charge in [0, 0.05) is 10.9 Å². The molecule has 0 aromatic heterocycles. The summed E-state index contributed by atoms with van der Waals surface area (Å²) in [7, 11) is -0.788. The van der Waals surface area contributed by atoms with Crippen molar-refractivity contribution < 1.29 is 49.0 Å². The molecule has 2 atom stereocenters. The second-order valence-corrected chi connectivity index (χ2v) is 11.9. The molecule has 15 heteroatoms. The lowest BCUT2D eigenvalue weighted by molar-refractivity contribution is -0.143.